The van der Waals surface area contributed by atoms with Crippen molar-refractivity contribution in [3.8, 4) is 5.69 Å². The Hall–Kier alpha value is -3.84. The maximum absolute atomic E-state index is 12.8. The second kappa shape index (κ2) is 10.7. The quantitative estimate of drug-likeness (QED) is 0.298. The molecule has 4 rings (SSSR count). The van der Waals surface area contributed by atoms with E-state index in [2.05, 4.69) is 10.3 Å². The van der Waals surface area contributed by atoms with Gasteiger partial charge in [-0.2, -0.15) is 0 Å². The molecule has 0 aliphatic rings. The molecule has 4 aromatic rings. The average Bonchev–Trinajstić information content (AvgIpc) is 3.29. The molecule has 0 radical (unpaired) electrons. The lowest BCUT2D eigenvalue weighted by Crippen LogP contribution is -2.22. The van der Waals surface area contributed by atoms with Crippen molar-refractivity contribution in [2.75, 3.05) is 18.2 Å². The van der Waals surface area contributed by atoms with E-state index in [1.165, 1.54) is 18.0 Å². The van der Waals surface area contributed by atoms with E-state index in [0.29, 0.717) is 17.3 Å². The van der Waals surface area contributed by atoms with Crippen molar-refractivity contribution >= 4 is 29.3 Å². The number of nitrogens with zero attached hydrogens (tertiary/aromatic N) is 2. The first-order chi connectivity index (χ1) is 16.2. The fourth-order valence-electron chi connectivity index (χ4n) is 3.45. The third-order valence-electron chi connectivity index (χ3n) is 5.00. The highest BCUT2D eigenvalue weighted by Crippen LogP contribution is 2.22. The van der Waals surface area contributed by atoms with Crippen LogP contribution in [0.1, 0.15) is 21.6 Å². The molecule has 0 atom stereocenters. The van der Waals surface area contributed by atoms with Crippen LogP contribution in [0.4, 0.5) is 5.69 Å². The zero-order chi connectivity index (χ0) is 23.0. The van der Waals surface area contributed by atoms with Crippen molar-refractivity contribution in [1.29, 1.82) is 0 Å². The molecule has 0 spiro atoms. The number of nitrogens with one attached hydrogen (secondary N) is 1. The molecule has 0 aliphatic heterocycles. The van der Waals surface area contributed by atoms with Crippen molar-refractivity contribution in [3.05, 3.63) is 108 Å². The van der Waals surface area contributed by atoms with Crippen molar-refractivity contribution in [2.45, 2.75) is 11.6 Å². The van der Waals surface area contributed by atoms with Crippen LogP contribution < -0.4 is 5.32 Å². The van der Waals surface area contributed by atoms with Crippen LogP contribution in [0.5, 0.6) is 0 Å². The summed E-state index contributed by atoms with van der Waals surface area (Å²) in [5, 5.41) is 3.52. The monoisotopic (exact) mass is 457 g/mol. The second-order valence-corrected chi connectivity index (χ2v) is 8.02. The number of aromatic nitrogens is 2. The Morgan fingerprint density at radius 1 is 0.939 bits per heavy atom. The Morgan fingerprint density at radius 2 is 1.61 bits per heavy atom. The van der Waals surface area contributed by atoms with Crippen LogP contribution in [-0.2, 0) is 16.0 Å². The maximum Gasteiger partial charge on any atom is 0.357 e. The summed E-state index contributed by atoms with van der Waals surface area (Å²) in [5.41, 5.74) is 3.88. The van der Waals surface area contributed by atoms with E-state index in [4.69, 9.17) is 4.74 Å². The molecule has 1 amide bonds. The largest absolute Gasteiger partial charge is 0.451 e. The molecule has 0 unspecified atom stereocenters. The van der Waals surface area contributed by atoms with Crippen LogP contribution in [0.2, 0.25) is 0 Å². The van der Waals surface area contributed by atoms with Gasteiger partial charge in [-0.1, -0.05) is 78.5 Å². The Morgan fingerprint density at radius 3 is 2.33 bits per heavy atom. The molecule has 166 valence electrons. The van der Waals surface area contributed by atoms with E-state index in [9.17, 15) is 9.59 Å². The zero-order valence-corrected chi connectivity index (χ0v) is 18.9. The minimum absolute atomic E-state index is 0.267. The van der Waals surface area contributed by atoms with Crippen molar-refractivity contribution in [3.63, 3.8) is 0 Å². The van der Waals surface area contributed by atoms with Gasteiger partial charge in [0.25, 0.3) is 5.91 Å². The first kappa shape index (κ1) is 22.4. The molecule has 1 N–H and O–H groups in total. The smallest absolute Gasteiger partial charge is 0.357 e. The highest BCUT2D eigenvalue weighted by molar-refractivity contribution is 7.98. The molecule has 0 saturated carbocycles. The standard InChI is InChI=1S/C26H23N3O3S/c1-33-26-27-17-23(29(26)21-13-6-3-7-14-21)25(31)32-18-24(30)28-22-15-9-8-12-20(22)16-19-10-4-2-5-11-19/h2-15,17H,16,18H2,1H3,(H,28,30). The average molecular weight is 458 g/mol. The number of hydrogen-bond acceptors (Lipinski definition) is 5. The first-order valence-electron chi connectivity index (χ1n) is 10.4. The Kier molecular flexibility index (Phi) is 7.22. The Bertz CT molecular complexity index is 1240. The second-order valence-electron chi connectivity index (χ2n) is 7.24. The minimum atomic E-state index is -0.612. The van der Waals surface area contributed by atoms with Gasteiger partial charge in [0.15, 0.2) is 17.5 Å². The van der Waals surface area contributed by atoms with Crippen LogP contribution in [0.15, 0.2) is 96.3 Å². The number of thioether (sulfide) groups is 1. The Balaban J connectivity index is 1.43. The third-order valence-corrected chi connectivity index (χ3v) is 5.65. The van der Waals surface area contributed by atoms with Crippen LogP contribution in [0, 0.1) is 0 Å². The summed E-state index contributed by atoms with van der Waals surface area (Å²) in [6.07, 6.45) is 4.04. The van der Waals surface area contributed by atoms with Gasteiger partial charge in [-0.3, -0.25) is 9.36 Å². The maximum atomic E-state index is 12.8. The van der Waals surface area contributed by atoms with Gasteiger partial charge in [0.1, 0.15) is 0 Å². The Labute approximate surface area is 196 Å². The summed E-state index contributed by atoms with van der Waals surface area (Å²) in [5.74, 6) is -1.01. The number of anilines is 1. The highest BCUT2D eigenvalue weighted by atomic mass is 32.2. The van der Waals surface area contributed by atoms with Gasteiger partial charge in [-0.25, -0.2) is 9.78 Å². The number of hydrogen-bond donors (Lipinski definition) is 1. The van der Waals surface area contributed by atoms with Gasteiger partial charge >= 0.3 is 5.97 Å². The van der Waals surface area contributed by atoms with E-state index in [-0.39, 0.29) is 5.69 Å². The summed E-state index contributed by atoms with van der Waals surface area (Å²) in [4.78, 5) is 29.6. The molecule has 33 heavy (non-hydrogen) atoms. The number of para-hydroxylation sites is 2. The summed E-state index contributed by atoms with van der Waals surface area (Å²) in [6, 6.07) is 27.1. The van der Waals surface area contributed by atoms with E-state index in [1.807, 2.05) is 91.2 Å². The van der Waals surface area contributed by atoms with Gasteiger partial charge in [0, 0.05) is 11.4 Å². The number of carbonyl (C=O) groups is 2. The molecule has 0 aliphatic carbocycles. The topological polar surface area (TPSA) is 73.2 Å². The van der Waals surface area contributed by atoms with Crippen molar-refractivity contribution < 1.29 is 14.3 Å². The summed E-state index contributed by atoms with van der Waals surface area (Å²) < 4.78 is 7.04. The summed E-state index contributed by atoms with van der Waals surface area (Å²) in [6.45, 7) is -0.396. The van der Waals surface area contributed by atoms with E-state index >= 15 is 0 Å². The molecular formula is C26H23N3O3S. The molecule has 0 bridgehead atoms. The molecule has 7 heteroatoms. The number of imidazole rings is 1. The zero-order valence-electron chi connectivity index (χ0n) is 18.1. The molecular weight excluding hydrogens is 434 g/mol. The number of ether oxygens (including phenoxy) is 1. The molecule has 1 aromatic heterocycles. The number of rotatable bonds is 8. The van der Waals surface area contributed by atoms with Gasteiger partial charge in [-0.05, 0) is 42.0 Å². The molecule has 6 nitrogen and oxygen atoms in total. The van der Waals surface area contributed by atoms with E-state index in [0.717, 1.165) is 16.8 Å². The normalized spacial score (nSPS) is 10.6. The summed E-state index contributed by atoms with van der Waals surface area (Å²) in [7, 11) is 0. The first-order valence-corrected chi connectivity index (χ1v) is 11.6. The van der Waals surface area contributed by atoms with Crippen LogP contribution in [-0.4, -0.2) is 34.3 Å². The van der Waals surface area contributed by atoms with Crippen LogP contribution in [0.3, 0.4) is 0 Å². The van der Waals surface area contributed by atoms with Gasteiger partial charge in [0.05, 0.1) is 6.20 Å². The van der Waals surface area contributed by atoms with E-state index < -0.39 is 18.5 Å². The number of esters is 1. The summed E-state index contributed by atoms with van der Waals surface area (Å²) >= 11 is 1.42. The predicted molar refractivity (Wildman–Crippen MR) is 130 cm³/mol. The fourth-order valence-corrected chi connectivity index (χ4v) is 4.00. The van der Waals surface area contributed by atoms with Crippen LogP contribution in [0.25, 0.3) is 5.69 Å². The molecule has 3 aromatic carbocycles. The van der Waals surface area contributed by atoms with Gasteiger partial charge in [-0.15, -0.1) is 0 Å². The lowest BCUT2D eigenvalue weighted by Gasteiger charge is -2.12. The van der Waals surface area contributed by atoms with Gasteiger partial charge < -0.3 is 10.1 Å². The minimum Gasteiger partial charge on any atom is -0.451 e. The number of amides is 1. The SMILES string of the molecule is CSc1ncc(C(=O)OCC(=O)Nc2ccccc2Cc2ccccc2)n1-c1ccccc1. The van der Waals surface area contributed by atoms with Crippen LogP contribution >= 0.6 is 11.8 Å². The third kappa shape index (κ3) is 5.51. The fraction of sp³-hybridized carbons (Fsp3) is 0.115. The van der Waals surface area contributed by atoms with Crippen molar-refractivity contribution in [1.82, 2.24) is 9.55 Å². The molecule has 1 heterocycles. The highest BCUT2D eigenvalue weighted by Gasteiger charge is 2.20. The number of benzene rings is 3. The molecule has 0 fully saturated rings. The number of carbonyl (C=O) groups excluding carboxylic acids is 2. The van der Waals surface area contributed by atoms with E-state index in [1.54, 1.807) is 4.57 Å². The van der Waals surface area contributed by atoms with Gasteiger partial charge in [0.2, 0.25) is 0 Å². The van der Waals surface area contributed by atoms with Crippen molar-refractivity contribution in [2.24, 2.45) is 0 Å². The lowest BCUT2D eigenvalue weighted by molar-refractivity contribution is -0.119. The molecule has 0 saturated heterocycles. The lowest BCUT2D eigenvalue weighted by atomic mass is 10.0. The predicted octanol–water partition coefficient (Wildman–Crippen LogP) is 4.98.